The van der Waals surface area contributed by atoms with Gasteiger partial charge in [0.15, 0.2) is 0 Å². The van der Waals surface area contributed by atoms with Crippen molar-refractivity contribution in [1.82, 2.24) is 10.2 Å². The van der Waals surface area contributed by atoms with Crippen LogP contribution in [0.1, 0.15) is 50.1 Å². The monoisotopic (exact) mass is 344 g/mol. The Bertz CT molecular complexity index is 586. The minimum absolute atomic E-state index is 0.0279. The first-order valence-corrected chi connectivity index (χ1v) is 9.44. The number of nitrogens with one attached hydrogen (secondary N) is 1. The van der Waals surface area contributed by atoms with E-state index >= 15 is 0 Å². The number of nitrogens with zero attached hydrogens (tertiary/aromatic N) is 1. The molecule has 1 heterocycles. The third-order valence-corrected chi connectivity index (χ3v) is 5.20. The van der Waals surface area contributed by atoms with E-state index in [-0.39, 0.29) is 36.3 Å². The maximum Gasteiger partial charge on any atom is 0.225 e. The van der Waals surface area contributed by atoms with E-state index in [2.05, 4.69) is 5.32 Å². The summed E-state index contributed by atoms with van der Waals surface area (Å²) in [6.45, 7) is 1.45. The van der Waals surface area contributed by atoms with Gasteiger partial charge in [-0.15, -0.1) is 0 Å². The van der Waals surface area contributed by atoms with E-state index in [4.69, 9.17) is 5.11 Å². The van der Waals surface area contributed by atoms with E-state index in [1.807, 2.05) is 35.2 Å². The minimum atomic E-state index is -0.128. The highest BCUT2D eigenvalue weighted by Gasteiger charge is 2.37. The summed E-state index contributed by atoms with van der Waals surface area (Å²) in [5, 5.41) is 12.3. The van der Waals surface area contributed by atoms with Crippen molar-refractivity contribution in [2.24, 2.45) is 11.8 Å². The Kier molecular flexibility index (Phi) is 6.08. The lowest BCUT2D eigenvalue weighted by Crippen LogP contribution is -2.46. The van der Waals surface area contributed by atoms with Crippen molar-refractivity contribution in [1.29, 1.82) is 0 Å². The molecule has 2 unspecified atom stereocenters. The van der Waals surface area contributed by atoms with Crippen LogP contribution in [0.5, 0.6) is 0 Å². The largest absolute Gasteiger partial charge is 0.396 e. The van der Waals surface area contributed by atoms with Crippen LogP contribution >= 0.6 is 0 Å². The molecule has 5 heteroatoms. The molecule has 136 valence electrons. The summed E-state index contributed by atoms with van der Waals surface area (Å²) in [6.07, 6.45) is 5.10. The molecule has 0 bridgehead atoms. The molecule has 0 spiro atoms. The van der Waals surface area contributed by atoms with Crippen molar-refractivity contribution in [2.45, 2.75) is 44.6 Å². The lowest BCUT2D eigenvalue weighted by molar-refractivity contribution is -0.137. The highest BCUT2D eigenvalue weighted by Crippen LogP contribution is 2.32. The molecule has 1 aliphatic carbocycles. The number of rotatable bonds is 7. The first-order valence-electron chi connectivity index (χ1n) is 9.44. The van der Waals surface area contributed by atoms with Gasteiger partial charge in [0, 0.05) is 25.6 Å². The molecule has 0 radical (unpaired) electrons. The Hall–Kier alpha value is -1.88. The summed E-state index contributed by atoms with van der Waals surface area (Å²) in [4.78, 5) is 27.0. The predicted molar refractivity (Wildman–Crippen MR) is 95.7 cm³/mol. The second kappa shape index (κ2) is 8.48. The van der Waals surface area contributed by atoms with Crippen LogP contribution in [0.2, 0.25) is 0 Å². The summed E-state index contributed by atoms with van der Waals surface area (Å²) in [5.41, 5.74) is 1.06. The van der Waals surface area contributed by atoms with Crippen LogP contribution in [-0.4, -0.2) is 41.5 Å². The molecule has 1 aliphatic heterocycles. The quantitative estimate of drug-likeness (QED) is 0.797. The number of likely N-dealkylation sites (tertiary alicyclic amines) is 1. The van der Waals surface area contributed by atoms with Crippen molar-refractivity contribution in [3.63, 3.8) is 0 Å². The second-order valence-corrected chi connectivity index (χ2v) is 7.24. The third kappa shape index (κ3) is 4.82. The summed E-state index contributed by atoms with van der Waals surface area (Å²) < 4.78 is 0. The summed E-state index contributed by atoms with van der Waals surface area (Å²) in [5.74, 6) is 0.345. The molecule has 1 aromatic carbocycles. The van der Waals surface area contributed by atoms with Crippen molar-refractivity contribution in [2.75, 3.05) is 19.7 Å². The van der Waals surface area contributed by atoms with E-state index in [0.717, 1.165) is 37.8 Å². The van der Waals surface area contributed by atoms with Crippen molar-refractivity contribution < 1.29 is 14.7 Å². The number of hydrogen-bond donors (Lipinski definition) is 2. The Morgan fingerprint density at radius 3 is 2.60 bits per heavy atom. The average molecular weight is 344 g/mol. The predicted octanol–water partition coefficient (Wildman–Crippen LogP) is 2.27. The zero-order valence-electron chi connectivity index (χ0n) is 14.7. The molecule has 3 rings (SSSR count). The molecule has 2 aliphatic rings. The Labute approximate surface area is 149 Å². The van der Waals surface area contributed by atoms with E-state index in [9.17, 15) is 9.59 Å². The van der Waals surface area contributed by atoms with Crippen molar-refractivity contribution in [3.8, 4) is 0 Å². The summed E-state index contributed by atoms with van der Waals surface area (Å²) in [7, 11) is 0. The van der Waals surface area contributed by atoms with E-state index in [0.29, 0.717) is 19.4 Å². The minimum Gasteiger partial charge on any atom is -0.396 e. The van der Waals surface area contributed by atoms with Gasteiger partial charge < -0.3 is 15.3 Å². The Morgan fingerprint density at radius 1 is 1.16 bits per heavy atom. The molecular weight excluding hydrogens is 316 g/mol. The number of benzene rings is 1. The van der Waals surface area contributed by atoms with Gasteiger partial charge in [0.1, 0.15) is 0 Å². The summed E-state index contributed by atoms with van der Waals surface area (Å²) in [6, 6.07) is 9.80. The van der Waals surface area contributed by atoms with Gasteiger partial charge >= 0.3 is 0 Å². The Morgan fingerprint density at radius 2 is 1.92 bits per heavy atom. The number of carbonyl (C=O) groups excluding carboxylic acids is 2. The first-order chi connectivity index (χ1) is 12.2. The van der Waals surface area contributed by atoms with E-state index < -0.39 is 0 Å². The van der Waals surface area contributed by atoms with Gasteiger partial charge in [0.2, 0.25) is 11.8 Å². The molecule has 0 aromatic heterocycles. The normalized spacial score (nSPS) is 21.6. The van der Waals surface area contributed by atoms with Gasteiger partial charge in [-0.05, 0) is 44.1 Å². The van der Waals surface area contributed by atoms with Crippen LogP contribution in [0.3, 0.4) is 0 Å². The lowest BCUT2D eigenvalue weighted by atomic mass is 9.95. The molecule has 5 nitrogen and oxygen atoms in total. The van der Waals surface area contributed by atoms with Crippen LogP contribution in [0.25, 0.3) is 0 Å². The highest BCUT2D eigenvalue weighted by atomic mass is 16.3. The SMILES string of the molecule is O=C(NC(CCCO)c1ccccc1)C1CCCN(C(=O)C2CC2)C1. The molecule has 2 N–H and O–H groups in total. The molecule has 2 atom stereocenters. The van der Waals surface area contributed by atoms with Gasteiger partial charge in [-0.2, -0.15) is 0 Å². The number of piperidine rings is 1. The molecule has 25 heavy (non-hydrogen) atoms. The molecular formula is C20H28N2O3. The van der Waals surface area contributed by atoms with Gasteiger partial charge in [0.05, 0.1) is 12.0 Å². The number of carbonyl (C=O) groups is 2. The molecule has 1 aromatic rings. The Balaban J connectivity index is 1.60. The van der Waals surface area contributed by atoms with Crippen LogP contribution in [0, 0.1) is 11.8 Å². The maximum absolute atomic E-state index is 12.8. The van der Waals surface area contributed by atoms with Gasteiger partial charge in [0.25, 0.3) is 0 Å². The fourth-order valence-corrected chi connectivity index (χ4v) is 3.57. The summed E-state index contributed by atoms with van der Waals surface area (Å²) >= 11 is 0. The maximum atomic E-state index is 12.8. The number of aliphatic hydroxyl groups is 1. The zero-order chi connectivity index (χ0) is 17.6. The standard InChI is InChI=1S/C20H28N2O3/c23-13-5-9-18(15-6-2-1-3-7-15)21-19(24)17-8-4-12-22(14-17)20(25)16-10-11-16/h1-3,6-7,16-18,23H,4-5,8-14H2,(H,21,24). The zero-order valence-corrected chi connectivity index (χ0v) is 14.7. The molecule has 1 saturated carbocycles. The van der Waals surface area contributed by atoms with Gasteiger partial charge in [-0.3, -0.25) is 9.59 Å². The van der Waals surface area contributed by atoms with Crippen LogP contribution in [0.15, 0.2) is 30.3 Å². The molecule has 2 amide bonds. The fraction of sp³-hybridized carbons (Fsp3) is 0.600. The molecule has 1 saturated heterocycles. The third-order valence-electron chi connectivity index (χ3n) is 5.20. The molecule has 2 fully saturated rings. The highest BCUT2D eigenvalue weighted by molar-refractivity contribution is 5.83. The average Bonchev–Trinajstić information content (AvgIpc) is 3.50. The van der Waals surface area contributed by atoms with Crippen molar-refractivity contribution in [3.05, 3.63) is 35.9 Å². The lowest BCUT2D eigenvalue weighted by Gasteiger charge is -2.33. The smallest absolute Gasteiger partial charge is 0.225 e. The number of hydrogen-bond acceptors (Lipinski definition) is 3. The van der Waals surface area contributed by atoms with Crippen LogP contribution in [-0.2, 0) is 9.59 Å². The van der Waals surface area contributed by atoms with Crippen molar-refractivity contribution >= 4 is 11.8 Å². The van der Waals surface area contributed by atoms with E-state index in [1.165, 1.54) is 0 Å². The fourth-order valence-electron chi connectivity index (χ4n) is 3.57. The van der Waals surface area contributed by atoms with Gasteiger partial charge in [-0.1, -0.05) is 30.3 Å². The van der Waals surface area contributed by atoms with Gasteiger partial charge in [-0.25, -0.2) is 0 Å². The number of aliphatic hydroxyl groups excluding tert-OH is 1. The number of amides is 2. The van der Waals surface area contributed by atoms with Crippen LogP contribution in [0.4, 0.5) is 0 Å². The van der Waals surface area contributed by atoms with Crippen LogP contribution < -0.4 is 5.32 Å². The second-order valence-electron chi connectivity index (χ2n) is 7.24. The topological polar surface area (TPSA) is 69.6 Å². The first kappa shape index (κ1) is 17.9. The van der Waals surface area contributed by atoms with E-state index in [1.54, 1.807) is 0 Å².